The fourth-order valence-electron chi connectivity index (χ4n) is 3.56. The van der Waals surface area contributed by atoms with E-state index in [9.17, 15) is 14.0 Å². The van der Waals surface area contributed by atoms with Crippen molar-refractivity contribution in [2.24, 2.45) is 0 Å². The maximum absolute atomic E-state index is 13.3. The molecule has 5 nitrogen and oxygen atoms in total. The molecule has 0 atom stereocenters. The average molecular weight is 454 g/mol. The summed E-state index contributed by atoms with van der Waals surface area (Å²) in [4.78, 5) is 26.9. The van der Waals surface area contributed by atoms with Crippen LogP contribution in [0.5, 0.6) is 0 Å². The first kappa shape index (κ1) is 21.0. The maximum atomic E-state index is 13.3. The molecule has 2 aromatic carbocycles. The monoisotopic (exact) mass is 453 g/mol. The summed E-state index contributed by atoms with van der Waals surface area (Å²) in [6.45, 7) is 3.84. The number of benzene rings is 2. The van der Waals surface area contributed by atoms with Crippen LogP contribution in [0.2, 0.25) is 5.02 Å². The van der Waals surface area contributed by atoms with Gasteiger partial charge in [-0.15, -0.1) is 0 Å². The van der Waals surface area contributed by atoms with Gasteiger partial charge in [0.05, 0.1) is 5.69 Å². The van der Waals surface area contributed by atoms with Crippen LogP contribution in [0.25, 0.3) is 11.8 Å². The number of carbonyl (C=O) groups excluding carboxylic acids is 2. The summed E-state index contributed by atoms with van der Waals surface area (Å²) in [7, 11) is 0. The van der Waals surface area contributed by atoms with Gasteiger partial charge in [-0.05, 0) is 92.3 Å². The molecule has 0 radical (unpaired) electrons. The predicted molar refractivity (Wildman–Crippen MR) is 123 cm³/mol. The molecular formula is C23H17ClFN3O2S. The van der Waals surface area contributed by atoms with Crippen molar-refractivity contribution in [1.29, 1.82) is 0 Å². The second kappa shape index (κ2) is 8.09. The predicted octanol–water partition coefficient (Wildman–Crippen LogP) is 4.72. The van der Waals surface area contributed by atoms with E-state index in [2.05, 4.69) is 5.32 Å². The third-order valence-corrected chi connectivity index (χ3v) is 5.58. The van der Waals surface area contributed by atoms with Crippen molar-refractivity contribution in [2.75, 3.05) is 4.90 Å². The number of hydrogen-bond acceptors (Lipinski definition) is 3. The van der Waals surface area contributed by atoms with Crippen LogP contribution in [0.1, 0.15) is 17.0 Å². The summed E-state index contributed by atoms with van der Waals surface area (Å²) in [5, 5.41) is 3.12. The lowest BCUT2D eigenvalue weighted by molar-refractivity contribution is -0.122. The molecular weight excluding hydrogens is 437 g/mol. The number of anilines is 1. The van der Waals surface area contributed by atoms with Crippen LogP contribution in [0.15, 0.2) is 60.2 Å². The number of hydrogen-bond donors (Lipinski definition) is 1. The molecule has 0 bridgehead atoms. The lowest BCUT2D eigenvalue weighted by Crippen LogP contribution is -2.54. The third kappa shape index (κ3) is 3.89. The quantitative estimate of drug-likeness (QED) is 0.355. The first-order valence-electron chi connectivity index (χ1n) is 9.38. The van der Waals surface area contributed by atoms with E-state index in [4.69, 9.17) is 23.8 Å². The Kier molecular flexibility index (Phi) is 5.47. The van der Waals surface area contributed by atoms with Crippen molar-refractivity contribution in [3.63, 3.8) is 0 Å². The number of aryl methyl sites for hydroxylation is 1. The Morgan fingerprint density at radius 2 is 1.61 bits per heavy atom. The summed E-state index contributed by atoms with van der Waals surface area (Å²) >= 11 is 11.2. The molecule has 1 fully saturated rings. The zero-order valence-corrected chi connectivity index (χ0v) is 18.2. The Bertz CT molecular complexity index is 1250. The van der Waals surface area contributed by atoms with Crippen LogP contribution in [0.3, 0.4) is 0 Å². The van der Waals surface area contributed by atoms with Crippen LogP contribution < -0.4 is 10.2 Å². The fraction of sp³-hybridized carbons (Fsp3) is 0.0870. The van der Waals surface area contributed by atoms with Gasteiger partial charge in [-0.1, -0.05) is 11.6 Å². The van der Waals surface area contributed by atoms with Crippen LogP contribution in [-0.2, 0) is 9.59 Å². The molecule has 1 aliphatic heterocycles. The van der Waals surface area contributed by atoms with Gasteiger partial charge in [0.1, 0.15) is 11.4 Å². The summed E-state index contributed by atoms with van der Waals surface area (Å²) in [5.41, 5.74) is 3.73. The number of nitrogens with zero attached hydrogens (tertiary/aromatic N) is 2. The van der Waals surface area contributed by atoms with Gasteiger partial charge in [0.2, 0.25) is 0 Å². The van der Waals surface area contributed by atoms with Crippen LogP contribution >= 0.6 is 23.8 Å². The van der Waals surface area contributed by atoms with E-state index >= 15 is 0 Å². The van der Waals surface area contributed by atoms with E-state index in [0.717, 1.165) is 22.6 Å². The van der Waals surface area contributed by atoms with Gasteiger partial charge < -0.3 is 4.57 Å². The highest BCUT2D eigenvalue weighted by Gasteiger charge is 2.34. The van der Waals surface area contributed by atoms with E-state index < -0.39 is 17.6 Å². The van der Waals surface area contributed by atoms with Gasteiger partial charge in [-0.3, -0.25) is 19.8 Å². The smallest absolute Gasteiger partial charge is 0.270 e. The Balaban J connectivity index is 1.75. The molecule has 2 amide bonds. The summed E-state index contributed by atoms with van der Waals surface area (Å²) < 4.78 is 15.3. The zero-order chi connectivity index (χ0) is 22.3. The molecule has 0 unspecified atom stereocenters. The number of amides is 2. The molecule has 1 aliphatic rings. The van der Waals surface area contributed by atoms with Crippen molar-refractivity contribution < 1.29 is 14.0 Å². The SMILES string of the molecule is Cc1cc(/C=C2\C(=O)NC(=S)N(c3ccc(F)cc3)C2=O)c(C)n1-c1ccc(Cl)cc1. The standard InChI is InChI=1S/C23H17ClFN3O2S/c1-13-11-15(14(2)27(13)18-7-3-16(24)4-8-18)12-20-21(29)26-23(31)28(22(20)30)19-9-5-17(25)6-10-19/h3-12H,1-2H3,(H,26,29,31)/b20-12+. The minimum Gasteiger partial charge on any atom is -0.318 e. The van der Waals surface area contributed by atoms with Crippen molar-refractivity contribution in [3.05, 3.63) is 88.0 Å². The van der Waals surface area contributed by atoms with Crippen molar-refractivity contribution in [3.8, 4) is 5.69 Å². The minimum atomic E-state index is -0.579. The summed E-state index contributed by atoms with van der Waals surface area (Å²) in [6, 6.07) is 14.6. The molecule has 0 saturated carbocycles. The number of halogens is 2. The van der Waals surface area contributed by atoms with E-state index in [1.165, 1.54) is 29.2 Å². The summed E-state index contributed by atoms with van der Waals surface area (Å²) in [6.07, 6.45) is 1.55. The Morgan fingerprint density at radius 1 is 1.00 bits per heavy atom. The second-order valence-electron chi connectivity index (χ2n) is 7.07. The molecule has 1 N–H and O–H groups in total. The van der Waals surface area contributed by atoms with Gasteiger partial charge in [0.25, 0.3) is 11.8 Å². The van der Waals surface area contributed by atoms with Gasteiger partial charge in [-0.2, -0.15) is 0 Å². The maximum Gasteiger partial charge on any atom is 0.270 e. The molecule has 2 heterocycles. The normalized spacial score (nSPS) is 15.5. The number of carbonyl (C=O) groups is 2. The lowest BCUT2D eigenvalue weighted by Gasteiger charge is -2.28. The molecule has 156 valence electrons. The molecule has 0 aliphatic carbocycles. The van der Waals surface area contributed by atoms with Crippen molar-refractivity contribution >= 4 is 52.5 Å². The van der Waals surface area contributed by atoms with Gasteiger partial charge in [0.15, 0.2) is 5.11 Å². The van der Waals surface area contributed by atoms with E-state index in [1.807, 2.05) is 36.6 Å². The zero-order valence-electron chi connectivity index (χ0n) is 16.6. The summed E-state index contributed by atoms with van der Waals surface area (Å²) in [5.74, 6) is -1.59. The minimum absolute atomic E-state index is 0.0506. The molecule has 1 saturated heterocycles. The van der Waals surface area contributed by atoms with E-state index in [-0.39, 0.29) is 10.7 Å². The highest BCUT2D eigenvalue weighted by atomic mass is 35.5. The van der Waals surface area contributed by atoms with Gasteiger partial charge in [-0.25, -0.2) is 4.39 Å². The van der Waals surface area contributed by atoms with E-state index in [1.54, 1.807) is 18.2 Å². The number of thiocarbonyl (C=S) groups is 1. The highest BCUT2D eigenvalue weighted by Crippen LogP contribution is 2.26. The van der Waals surface area contributed by atoms with Crippen LogP contribution in [-0.4, -0.2) is 21.5 Å². The Morgan fingerprint density at radius 3 is 2.26 bits per heavy atom. The highest BCUT2D eigenvalue weighted by molar-refractivity contribution is 7.80. The lowest BCUT2D eigenvalue weighted by atomic mass is 10.1. The fourth-order valence-corrected chi connectivity index (χ4v) is 3.97. The largest absolute Gasteiger partial charge is 0.318 e. The average Bonchev–Trinajstić information content (AvgIpc) is 3.00. The van der Waals surface area contributed by atoms with Crippen molar-refractivity contribution in [2.45, 2.75) is 13.8 Å². The molecule has 8 heteroatoms. The van der Waals surface area contributed by atoms with Gasteiger partial charge >= 0.3 is 0 Å². The molecule has 0 spiro atoms. The first-order chi connectivity index (χ1) is 14.8. The number of rotatable bonds is 3. The number of nitrogens with one attached hydrogen (secondary N) is 1. The number of aromatic nitrogens is 1. The van der Waals surface area contributed by atoms with Crippen LogP contribution in [0.4, 0.5) is 10.1 Å². The van der Waals surface area contributed by atoms with Crippen LogP contribution in [0, 0.1) is 19.7 Å². The van der Waals surface area contributed by atoms with E-state index in [0.29, 0.717) is 10.7 Å². The second-order valence-corrected chi connectivity index (χ2v) is 7.90. The topological polar surface area (TPSA) is 54.3 Å². The Hall–Kier alpha value is -3.29. The van der Waals surface area contributed by atoms with Crippen molar-refractivity contribution in [1.82, 2.24) is 9.88 Å². The molecule has 3 aromatic rings. The third-order valence-electron chi connectivity index (χ3n) is 5.04. The molecule has 1 aromatic heterocycles. The van der Waals surface area contributed by atoms with Gasteiger partial charge in [0, 0.05) is 22.1 Å². The first-order valence-corrected chi connectivity index (χ1v) is 10.2. The molecule has 31 heavy (non-hydrogen) atoms. The Labute approximate surface area is 188 Å². The molecule has 4 rings (SSSR count).